The average Bonchev–Trinajstić information content (AvgIpc) is 2.48. The minimum Gasteiger partial charge on any atom is -0.355 e. The molecule has 0 radical (unpaired) electrons. The largest absolute Gasteiger partial charge is 0.355 e. The molecule has 0 unspecified atom stereocenters. The fraction of sp³-hybridized carbons (Fsp3) is 0.312. The first kappa shape index (κ1) is 14.8. The van der Waals surface area contributed by atoms with Gasteiger partial charge in [0, 0.05) is 31.4 Å². The van der Waals surface area contributed by atoms with Crippen LogP contribution < -0.4 is 10.2 Å². The summed E-state index contributed by atoms with van der Waals surface area (Å²) >= 11 is 5.90. The Bertz CT molecular complexity index is 540. The van der Waals surface area contributed by atoms with Crippen molar-refractivity contribution in [3.63, 3.8) is 0 Å². The molecule has 0 atom stereocenters. The van der Waals surface area contributed by atoms with Gasteiger partial charge < -0.3 is 10.2 Å². The van der Waals surface area contributed by atoms with Crippen LogP contribution in [0.2, 0.25) is 5.02 Å². The van der Waals surface area contributed by atoms with E-state index in [1.54, 1.807) is 0 Å². The highest BCUT2D eigenvalue weighted by atomic mass is 35.5. The molecule has 0 amide bonds. The molecular formula is C16H20ClN3. The standard InChI is InChI=1S/C16H20ClN3/c1-3-18-11-14-8-9-19-16(10-14)20(2)12-13-4-6-15(17)7-5-13/h4-10,18H,3,11-12H2,1-2H3. The normalized spacial score (nSPS) is 10.6. The summed E-state index contributed by atoms with van der Waals surface area (Å²) < 4.78 is 0. The first-order chi connectivity index (χ1) is 9.69. The zero-order valence-corrected chi connectivity index (χ0v) is 12.7. The Morgan fingerprint density at radius 2 is 1.90 bits per heavy atom. The SMILES string of the molecule is CCNCc1ccnc(N(C)Cc2ccc(Cl)cc2)c1. The third-order valence-corrected chi connectivity index (χ3v) is 3.37. The first-order valence-electron chi connectivity index (χ1n) is 6.80. The van der Waals surface area contributed by atoms with Gasteiger partial charge in [0.05, 0.1) is 0 Å². The second-order valence-electron chi connectivity index (χ2n) is 4.79. The van der Waals surface area contributed by atoms with Crippen molar-refractivity contribution in [3.8, 4) is 0 Å². The van der Waals surface area contributed by atoms with Gasteiger partial charge in [-0.3, -0.25) is 0 Å². The topological polar surface area (TPSA) is 28.2 Å². The van der Waals surface area contributed by atoms with Gasteiger partial charge in [0.25, 0.3) is 0 Å². The van der Waals surface area contributed by atoms with Gasteiger partial charge >= 0.3 is 0 Å². The summed E-state index contributed by atoms with van der Waals surface area (Å²) in [5.41, 5.74) is 2.47. The molecule has 4 heteroatoms. The van der Waals surface area contributed by atoms with Gasteiger partial charge in [-0.15, -0.1) is 0 Å². The van der Waals surface area contributed by atoms with Crippen molar-refractivity contribution >= 4 is 17.4 Å². The van der Waals surface area contributed by atoms with E-state index in [1.807, 2.05) is 43.6 Å². The Balaban J connectivity index is 2.04. The van der Waals surface area contributed by atoms with Gasteiger partial charge in [-0.2, -0.15) is 0 Å². The van der Waals surface area contributed by atoms with Crippen LogP contribution in [0.1, 0.15) is 18.1 Å². The number of rotatable bonds is 6. The molecule has 0 fully saturated rings. The highest BCUT2D eigenvalue weighted by Gasteiger charge is 2.04. The number of anilines is 1. The summed E-state index contributed by atoms with van der Waals surface area (Å²) in [4.78, 5) is 6.57. The number of hydrogen-bond donors (Lipinski definition) is 1. The van der Waals surface area contributed by atoms with Crippen LogP contribution in [-0.2, 0) is 13.1 Å². The predicted octanol–water partition coefficient (Wildman–Crippen LogP) is 3.48. The fourth-order valence-corrected chi connectivity index (χ4v) is 2.12. The maximum Gasteiger partial charge on any atom is 0.128 e. The Morgan fingerprint density at radius 3 is 2.60 bits per heavy atom. The lowest BCUT2D eigenvalue weighted by molar-refractivity contribution is 0.725. The maximum absolute atomic E-state index is 5.90. The number of aromatic nitrogens is 1. The lowest BCUT2D eigenvalue weighted by Gasteiger charge is -2.19. The van der Waals surface area contributed by atoms with Crippen LogP contribution in [0.5, 0.6) is 0 Å². The number of nitrogens with one attached hydrogen (secondary N) is 1. The van der Waals surface area contributed by atoms with Gasteiger partial charge in [0.15, 0.2) is 0 Å². The minimum absolute atomic E-state index is 0.766. The number of hydrogen-bond acceptors (Lipinski definition) is 3. The monoisotopic (exact) mass is 289 g/mol. The van der Waals surface area contributed by atoms with E-state index in [-0.39, 0.29) is 0 Å². The van der Waals surface area contributed by atoms with Crippen LogP contribution in [0.15, 0.2) is 42.6 Å². The van der Waals surface area contributed by atoms with E-state index in [0.717, 1.165) is 30.5 Å². The van der Waals surface area contributed by atoms with Crippen molar-refractivity contribution in [2.24, 2.45) is 0 Å². The van der Waals surface area contributed by atoms with Crippen LogP contribution in [0.25, 0.3) is 0 Å². The van der Waals surface area contributed by atoms with Gasteiger partial charge in [-0.25, -0.2) is 4.98 Å². The molecule has 0 aliphatic rings. The summed E-state index contributed by atoms with van der Waals surface area (Å²) in [6.07, 6.45) is 1.86. The average molecular weight is 290 g/mol. The third kappa shape index (κ3) is 4.22. The Morgan fingerprint density at radius 1 is 1.15 bits per heavy atom. The van der Waals surface area contributed by atoms with E-state index < -0.39 is 0 Å². The fourth-order valence-electron chi connectivity index (χ4n) is 1.99. The maximum atomic E-state index is 5.90. The number of nitrogens with zero attached hydrogens (tertiary/aromatic N) is 2. The Labute approximate surface area is 125 Å². The lowest BCUT2D eigenvalue weighted by Crippen LogP contribution is -2.18. The van der Waals surface area contributed by atoms with Gasteiger partial charge in [0.2, 0.25) is 0 Å². The van der Waals surface area contributed by atoms with Crippen molar-refractivity contribution in [1.82, 2.24) is 10.3 Å². The Hall–Kier alpha value is -1.58. The summed E-state index contributed by atoms with van der Waals surface area (Å²) in [7, 11) is 2.05. The van der Waals surface area contributed by atoms with E-state index >= 15 is 0 Å². The van der Waals surface area contributed by atoms with Gasteiger partial charge in [-0.05, 0) is 41.9 Å². The molecule has 20 heavy (non-hydrogen) atoms. The highest BCUT2D eigenvalue weighted by Crippen LogP contribution is 2.16. The summed E-state index contributed by atoms with van der Waals surface area (Å²) in [6, 6.07) is 12.1. The van der Waals surface area contributed by atoms with E-state index in [1.165, 1.54) is 11.1 Å². The van der Waals surface area contributed by atoms with Crippen LogP contribution in [0.3, 0.4) is 0 Å². The van der Waals surface area contributed by atoms with Crippen molar-refractivity contribution in [1.29, 1.82) is 0 Å². The molecule has 3 nitrogen and oxygen atoms in total. The molecule has 0 aliphatic heterocycles. The van der Waals surface area contributed by atoms with Gasteiger partial charge in [0.1, 0.15) is 5.82 Å². The van der Waals surface area contributed by atoms with E-state index in [9.17, 15) is 0 Å². The zero-order valence-electron chi connectivity index (χ0n) is 11.9. The summed E-state index contributed by atoms with van der Waals surface area (Å²) in [6.45, 7) is 4.77. The molecular weight excluding hydrogens is 270 g/mol. The number of pyridine rings is 1. The third-order valence-electron chi connectivity index (χ3n) is 3.11. The van der Waals surface area contributed by atoms with Gasteiger partial charge in [-0.1, -0.05) is 30.7 Å². The summed E-state index contributed by atoms with van der Waals surface area (Å²) in [5, 5.41) is 4.09. The highest BCUT2D eigenvalue weighted by molar-refractivity contribution is 6.30. The smallest absolute Gasteiger partial charge is 0.128 e. The molecule has 1 aromatic carbocycles. The van der Waals surface area contributed by atoms with E-state index in [4.69, 9.17) is 11.6 Å². The molecule has 0 saturated heterocycles. The second-order valence-corrected chi connectivity index (χ2v) is 5.22. The van der Waals surface area contributed by atoms with Crippen molar-refractivity contribution in [2.45, 2.75) is 20.0 Å². The van der Waals surface area contributed by atoms with Crippen molar-refractivity contribution in [2.75, 3.05) is 18.5 Å². The quantitative estimate of drug-likeness (QED) is 0.882. The van der Waals surface area contributed by atoms with Crippen molar-refractivity contribution < 1.29 is 0 Å². The summed E-state index contributed by atoms with van der Waals surface area (Å²) in [5.74, 6) is 0.982. The molecule has 1 N–H and O–H groups in total. The van der Waals surface area contributed by atoms with Crippen LogP contribution in [0, 0.1) is 0 Å². The van der Waals surface area contributed by atoms with Crippen LogP contribution in [-0.4, -0.2) is 18.6 Å². The molecule has 2 rings (SSSR count). The molecule has 1 heterocycles. The van der Waals surface area contributed by atoms with E-state index in [2.05, 4.69) is 28.2 Å². The molecule has 0 aliphatic carbocycles. The number of halogens is 1. The molecule has 106 valence electrons. The van der Waals surface area contributed by atoms with Crippen LogP contribution >= 0.6 is 11.6 Å². The molecule has 0 spiro atoms. The predicted molar refractivity (Wildman–Crippen MR) is 85.2 cm³/mol. The molecule has 0 saturated carbocycles. The first-order valence-corrected chi connectivity index (χ1v) is 7.18. The van der Waals surface area contributed by atoms with Crippen molar-refractivity contribution in [3.05, 3.63) is 58.7 Å². The molecule has 1 aromatic heterocycles. The number of benzene rings is 1. The zero-order chi connectivity index (χ0) is 14.4. The second kappa shape index (κ2) is 7.27. The minimum atomic E-state index is 0.766. The lowest BCUT2D eigenvalue weighted by atomic mass is 10.2. The molecule has 2 aromatic rings. The Kier molecular flexibility index (Phi) is 5.39. The van der Waals surface area contributed by atoms with E-state index in [0.29, 0.717) is 0 Å². The van der Waals surface area contributed by atoms with Crippen LogP contribution in [0.4, 0.5) is 5.82 Å². The molecule has 0 bridgehead atoms.